The number of phosphoric acid groups is 1. The van der Waals surface area contributed by atoms with Crippen LogP contribution in [0, 0.1) is 10.8 Å². The van der Waals surface area contributed by atoms with Gasteiger partial charge in [0.25, 0.3) is 0 Å². The van der Waals surface area contributed by atoms with Crippen molar-refractivity contribution >= 4 is 21.9 Å². The summed E-state index contributed by atoms with van der Waals surface area (Å²) in [6.07, 6.45) is 5.79. The first kappa shape index (κ1) is 26.9. The van der Waals surface area contributed by atoms with E-state index < -0.39 is 16.1 Å². The predicted molar refractivity (Wildman–Crippen MR) is 105 cm³/mol. The van der Waals surface area contributed by atoms with Gasteiger partial charge in [-0.2, -0.15) is 0 Å². The zero-order chi connectivity index (χ0) is 21.1. The molecule has 0 fully saturated rings. The third kappa shape index (κ3) is 17.7. The summed E-state index contributed by atoms with van der Waals surface area (Å²) in [5.74, 6) is 0.216. The van der Waals surface area contributed by atoms with Crippen LogP contribution in [0.15, 0.2) is 0 Å². The Morgan fingerprint density at radius 1 is 0.926 bits per heavy atom. The highest BCUT2D eigenvalue weighted by molar-refractivity contribution is 7.46. The van der Waals surface area contributed by atoms with Gasteiger partial charge in [0.05, 0.1) is 13.2 Å². The standard InChI is InChI=1S/C17H36O8P2/c1-16(2,13-24-26(19)20)11-7-5-9-15(18)10-6-8-12-17(3,4)14-25-27(21,22)23/h26H,5-14H2,1-4H3,(H,19,20)(H2,21,22,23). The number of carbonyl (C=O) groups is 1. The SMILES string of the molecule is CC(C)(CCCCC(=O)CCCCC(C)(C)COP(=O)(O)O)CO[PH](=O)O. The summed E-state index contributed by atoms with van der Waals surface area (Å²) in [7, 11) is -7.34. The van der Waals surface area contributed by atoms with E-state index in [4.69, 9.17) is 19.2 Å². The molecule has 0 bridgehead atoms. The lowest BCUT2D eigenvalue weighted by Gasteiger charge is -2.24. The topological polar surface area (TPSA) is 130 Å². The molecule has 1 atom stereocenters. The molecule has 0 aliphatic carbocycles. The molecule has 0 aliphatic rings. The van der Waals surface area contributed by atoms with E-state index in [1.807, 2.05) is 27.7 Å². The highest BCUT2D eigenvalue weighted by atomic mass is 31.2. The number of Topliss-reactive ketones (excluding diaryl/α,β-unsaturated/α-hetero) is 1. The fourth-order valence-corrected chi connectivity index (χ4v) is 3.67. The Bertz CT molecular complexity index is 513. The van der Waals surface area contributed by atoms with Crippen LogP contribution < -0.4 is 0 Å². The zero-order valence-corrected chi connectivity index (χ0v) is 18.8. The van der Waals surface area contributed by atoms with Gasteiger partial charge < -0.3 is 19.2 Å². The molecule has 0 aromatic heterocycles. The lowest BCUT2D eigenvalue weighted by atomic mass is 9.87. The summed E-state index contributed by atoms with van der Waals surface area (Å²) in [6.45, 7) is 7.91. The van der Waals surface area contributed by atoms with E-state index in [2.05, 4.69) is 4.52 Å². The van der Waals surface area contributed by atoms with E-state index in [0.717, 1.165) is 38.5 Å². The number of carbonyl (C=O) groups excluding carboxylic acids is 1. The van der Waals surface area contributed by atoms with Gasteiger partial charge in [0.15, 0.2) is 0 Å². The molecule has 0 aromatic carbocycles. The van der Waals surface area contributed by atoms with Gasteiger partial charge in [0.1, 0.15) is 5.78 Å². The van der Waals surface area contributed by atoms with Gasteiger partial charge in [-0.1, -0.05) is 40.5 Å². The molecule has 0 spiro atoms. The quantitative estimate of drug-likeness (QED) is 0.245. The van der Waals surface area contributed by atoms with Crippen LogP contribution >= 0.6 is 16.1 Å². The van der Waals surface area contributed by atoms with E-state index in [1.165, 1.54) is 0 Å². The summed E-state index contributed by atoms with van der Waals surface area (Å²) in [5.41, 5.74) is -0.537. The first-order valence-electron chi connectivity index (χ1n) is 9.30. The van der Waals surface area contributed by atoms with Crippen LogP contribution in [-0.2, 0) is 23.0 Å². The Labute approximate surface area is 163 Å². The van der Waals surface area contributed by atoms with Crippen LogP contribution in [-0.4, -0.2) is 33.7 Å². The maximum atomic E-state index is 11.9. The minimum Gasteiger partial charge on any atom is -0.326 e. The second-order valence-electron chi connectivity index (χ2n) is 8.60. The summed E-state index contributed by atoms with van der Waals surface area (Å²) in [4.78, 5) is 38.1. The molecule has 3 N–H and O–H groups in total. The molecule has 0 heterocycles. The van der Waals surface area contributed by atoms with E-state index >= 15 is 0 Å². The van der Waals surface area contributed by atoms with Gasteiger partial charge >= 0.3 is 16.1 Å². The fraction of sp³-hybridized carbons (Fsp3) is 0.941. The van der Waals surface area contributed by atoms with Crippen molar-refractivity contribution in [3.05, 3.63) is 0 Å². The molecule has 0 aromatic rings. The van der Waals surface area contributed by atoms with Gasteiger partial charge in [-0.3, -0.25) is 13.9 Å². The van der Waals surface area contributed by atoms with Crippen molar-refractivity contribution in [2.24, 2.45) is 10.8 Å². The summed E-state index contributed by atoms with van der Waals surface area (Å²) >= 11 is 0. The van der Waals surface area contributed by atoms with Gasteiger partial charge in [-0.25, -0.2) is 4.57 Å². The number of hydrogen-bond acceptors (Lipinski definition) is 5. The van der Waals surface area contributed by atoms with Crippen molar-refractivity contribution in [2.75, 3.05) is 13.2 Å². The largest absolute Gasteiger partial charge is 0.469 e. The van der Waals surface area contributed by atoms with E-state index in [1.54, 1.807) is 0 Å². The first-order chi connectivity index (χ1) is 12.2. The zero-order valence-electron chi connectivity index (χ0n) is 16.9. The van der Waals surface area contributed by atoms with Gasteiger partial charge in [0, 0.05) is 12.8 Å². The molecule has 0 saturated carbocycles. The monoisotopic (exact) mass is 430 g/mol. The minimum absolute atomic E-state index is 0.0179. The molecule has 0 amide bonds. The van der Waals surface area contributed by atoms with Crippen molar-refractivity contribution in [1.82, 2.24) is 0 Å². The van der Waals surface area contributed by atoms with E-state index in [9.17, 15) is 13.9 Å². The van der Waals surface area contributed by atoms with Crippen LogP contribution in [0.1, 0.15) is 79.1 Å². The second-order valence-corrected chi connectivity index (χ2v) is 10.7. The van der Waals surface area contributed by atoms with Crippen LogP contribution in [0.4, 0.5) is 0 Å². The first-order valence-corrected chi connectivity index (χ1v) is 12.1. The van der Waals surface area contributed by atoms with E-state index in [0.29, 0.717) is 12.8 Å². The Morgan fingerprint density at radius 2 is 1.37 bits per heavy atom. The van der Waals surface area contributed by atoms with Crippen LogP contribution in [0.2, 0.25) is 0 Å². The van der Waals surface area contributed by atoms with Crippen LogP contribution in [0.25, 0.3) is 0 Å². The molecule has 0 radical (unpaired) electrons. The van der Waals surface area contributed by atoms with E-state index in [-0.39, 0.29) is 29.8 Å². The minimum atomic E-state index is -4.44. The number of rotatable bonds is 16. The number of unbranched alkanes of at least 4 members (excludes halogenated alkanes) is 2. The normalized spacial score (nSPS) is 14.3. The highest BCUT2D eigenvalue weighted by Gasteiger charge is 2.24. The molecule has 1 unspecified atom stereocenters. The molecule has 162 valence electrons. The average molecular weight is 430 g/mol. The van der Waals surface area contributed by atoms with Crippen molar-refractivity contribution in [1.29, 1.82) is 0 Å². The Kier molecular flexibility index (Phi) is 12.5. The Hall–Kier alpha value is -0.0700. The molecule has 0 aliphatic heterocycles. The van der Waals surface area contributed by atoms with Gasteiger partial charge in [-0.15, -0.1) is 0 Å². The van der Waals surface area contributed by atoms with Crippen molar-refractivity contribution in [3.63, 3.8) is 0 Å². The maximum Gasteiger partial charge on any atom is 0.469 e. The third-order valence-electron chi connectivity index (χ3n) is 4.33. The molecule has 8 nitrogen and oxygen atoms in total. The average Bonchev–Trinajstić information content (AvgIpc) is 2.52. The van der Waals surface area contributed by atoms with Crippen molar-refractivity contribution in [3.8, 4) is 0 Å². The maximum absolute atomic E-state index is 11.9. The van der Waals surface area contributed by atoms with Crippen molar-refractivity contribution < 1.29 is 37.7 Å². The molecule has 27 heavy (non-hydrogen) atoms. The lowest BCUT2D eigenvalue weighted by Crippen LogP contribution is -2.18. The highest BCUT2D eigenvalue weighted by Crippen LogP contribution is 2.39. The Balaban J connectivity index is 3.83. The van der Waals surface area contributed by atoms with Gasteiger partial charge in [0.2, 0.25) is 0 Å². The molecule has 0 saturated heterocycles. The number of hydrogen-bond donors (Lipinski definition) is 3. The third-order valence-corrected chi connectivity index (χ3v) is 5.18. The summed E-state index contributed by atoms with van der Waals surface area (Å²) in [5, 5.41) is 0. The van der Waals surface area contributed by atoms with Crippen molar-refractivity contribution in [2.45, 2.75) is 79.1 Å². The second kappa shape index (κ2) is 12.5. The predicted octanol–water partition coefficient (Wildman–Crippen LogP) is 4.24. The van der Waals surface area contributed by atoms with Crippen LogP contribution in [0.5, 0.6) is 0 Å². The number of ketones is 1. The van der Waals surface area contributed by atoms with Crippen LogP contribution in [0.3, 0.4) is 0 Å². The fourth-order valence-electron chi connectivity index (χ4n) is 2.64. The smallest absolute Gasteiger partial charge is 0.326 e. The molecular formula is C17H36O8P2. The molecular weight excluding hydrogens is 394 g/mol. The van der Waals surface area contributed by atoms with Gasteiger partial charge in [-0.05, 0) is 36.5 Å². The summed E-state index contributed by atoms with van der Waals surface area (Å²) < 4.78 is 30.7. The molecule has 0 rings (SSSR count). The molecule has 10 heteroatoms. The number of phosphoric ester groups is 1. The lowest BCUT2D eigenvalue weighted by molar-refractivity contribution is -0.119. The summed E-state index contributed by atoms with van der Waals surface area (Å²) in [6, 6.07) is 0. The Morgan fingerprint density at radius 3 is 1.78 bits per heavy atom.